The van der Waals surface area contributed by atoms with Crippen molar-refractivity contribution >= 4 is 64.6 Å². The second-order valence-corrected chi connectivity index (χ2v) is 8.88. The molecule has 98 valence electrons. The van der Waals surface area contributed by atoms with Crippen LogP contribution in [-0.4, -0.2) is 5.11 Å². The molecule has 0 spiro atoms. The minimum atomic E-state index is -0.697. The van der Waals surface area contributed by atoms with Gasteiger partial charge in [-0.15, -0.1) is 22.7 Å². The number of halogens is 3. The Balaban J connectivity index is 2.06. The van der Waals surface area contributed by atoms with Crippen LogP contribution in [0.25, 0.3) is 10.1 Å². The number of thiophene rings is 2. The third kappa shape index (κ3) is 2.64. The van der Waals surface area contributed by atoms with Gasteiger partial charge in [0.1, 0.15) is 11.9 Å². The topological polar surface area (TPSA) is 20.2 Å². The first-order valence-corrected chi connectivity index (χ1v) is 8.58. The molecule has 6 heteroatoms. The van der Waals surface area contributed by atoms with Crippen LogP contribution in [-0.2, 0) is 0 Å². The summed E-state index contributed by atoms with van der Waals surface area (Å²) in [6.07, 6.45) is -0.697. The van der Waals surface area contributed by atoms with E-state index in [1.54, 1.807) is 6.07 Å². The zero-order valence-corrected chi connectivity index (χ0v) is 14.2. The fourth-order valence-electron chi connectivity index (χ4n) is 1.85. The lowest BCUT2D eigenvalue weighted by Gasteiger charge is -2.06. The Morgan fingerprint density at radius 2 is 1.89 bits per heavy atom. The minimum absolute atomic E-state index is 0.255. The van der Waals surface area contributed by atoms with Crippen molar-refractivity contribution in [3.63, 3.8) is 0 Å². The Hall–Kier alpha value is -0.270. The van der Waals surface area contributed by atoms with Gasteiger partial charge >= 0.3 is 0 Å². The van der Waals surface area contributed by atoms with Crippen LogP contribution in [0.1, 0.15) is 16.5 Å². The predicted molar refractivity (Wildman–Crippen MR) is 85.6 cm³/mol. The molecule has 1 aromatic carbocycles. The lowest BCUT2D eigenvalue weighted by Crippen LogP contribution is -1.95. The quantitative estimate of drug-likeness (QED) is 0.561. The van der Waals surface area contributed by atoms with Crippen LogP contribution in [0, 0.1) is 5.82 Å². The summed E-state index contributed by atoms with van der Waals surface area (Å²) in [4.78, 5) is 0.812. The summed E-state index contributed by atoms with van der Waals surface area (Å²) in [5.74, 6) is -0.255. The van der Waals surface area contributed by atoms with Gasteiger partial charge in [0.25, 0.3) is 0 Å². The highest BCUT2D eigenvalue weighted by atomic mass is 79.9. The highest BCUT2D eigenvalue weighted by Gasteiger charge is 2.18. The molecule has 0 saturated carbocycles. The van der Waals surface area contributed by atoms with Gasteiger partial charge in [-0.2, -0.15) is 0 Å². The van der Waals surface area contributed by atoms with E-state index in [4.69, 9.17) is 0 Å². The lowest BCUT2D eigenvalue weighted by molar-refractivity contribution is 0.224. The second kappa shape index (κ2) is 5.26. The Bertz CT molecular complexity index is 750. The zero-order valence-electron chi connectivity index (χ0n) is 9.36. The van der Waals surface area contributed by atoms with Crippen molar-refractivity contribution in [3.8, 4) is 0 Å². The number of aliphatic hydroxyl groups is 1. The number of fused-ring (bicyclic) bond motifs is 1. The molecular weight excluding hydrogens is 415 g/mol. The van der Waals surface area contributed by atoms with Crippen LogP contribution in [0.3, 0.4) is 0 Å². The molecular formula is C13H7Br2FOS2. The monoisotopic (exact) mass is 420 g/mol. The first kappa shape index (κ1) is 13.7. The number of hydrogen-bond donors (Lipinski definition) is 1. The highest BCUT2D eigenvalue weighted by molar-refractivity contribution is 9.12. The van der Waals surface area contributed by atoms with E-state index in [0.29, 0.717) is 0 Å². The summed E-state index contributed by atoms with van der Waals surface area (Å²) in [5, 5.41) is 11.4. The molecule has 0 bridgehead atoms. The SMILES string of the molecule is OC(c1cc2ccc(F)cc2s1)c1cc(Br)sc1Br. The molecule has 3 rings (SSSR count). The maximum atomic E-state index is 13.2. The van der Waals surface area contributed by atoms with E-state index in [-0.39, 0.29) is 5.82 Å². The molecule has 1 N–H and O–H groups in total. The zero-order chi connectivity index (χ0) is 13.6. The van der Waals surface area contributed by atoms with Gasteiger partial charge in [-0.1, -0.05) is 6.07 Å². The summed E-state index contributed by atoms with van der Waals surface area (Å²) >= 11 is 9.77. The molecule has 0 aliphatic carbocycles. The van der Waals surface area contributed by atoms with Gasteiger partial charge in [0.15, 0.2) is 0 Å². The molecule has 0 aliphatic rings. The number of hydrogen-bond acceptors (Lipinski definition) is 3. The van der Waals surface area contributed by atoms with Crippen LogP contribution >= 0.6 is 54.5 Å². The van der Waals surface area contributed by atoms with Crippen LogP contribution in [0.4, 0.5) is 4.39 Å². The van der Waals surface area contributed by atoms with E-state index in [0.717, 1.165) is 28.1 Å². The van der Waals surface area contributed by atoms with Crippen molar-refractivity contribution in [2.75, 3.05) is 0 Å². The molecule has 0 amide bonds. The second-order valence-electron chi connectivity index (χ2n) is 4.01. The van der Waals surface area contributed by atoms with Gasteiger partial charge in [0, 0.05) is 15.1 Å². The maximum absolute atomic E-state index is 13.2. The summed E-state index contributed by atoms with van der Waals surface area (Å²) in [6, 6.07) is 8.46. The van der Waals surface area contributed by atoms with Gasteiger partial charge in [-0.3, -0.25) is 0 Å². The van der Waals surface area contributed by atoms with Gasteiger partial charge in [0.05, 0.1) is 7.57 Å². The third-order valence-electron chi connectivity index (χ3n) is 2.75. The van der Waals surface area contributed by atoms with E-state index >= 15 is 0 Å². The van der Waals surface area contributed by atoms with Crippen molar-refractivity contribution in [2.45, 2.75) is 6.10 Å². The molecule has 0 radical (unpaired) electrons. The van der Waals surface area contributed by atoms with Crippen molar-refractivity contribution in [2.24, 2.45) is 0 Å². The molecule has 3 aromatic rings. The van der Waals surface area contributed by atoms with Gasteiger partial charge in [0.2, 0.25) is 0 Å². The Morgan fingerprint density at radius 1 is 1.11 bits per heavy atom. The summed E-state index contributed by atoms with van der Waals surface area (Å²) in [6.45, 7) is 0. The minimum Gasteiger partial charge on any atom is -0.383 e. The number of benzene rings is 1. The summed E-state index contributed by atoms with van der Waals surface area (Å²) in [7, 11) is 0. The summed E-state index contributed by atoms with van der Waals surface area (Å²) < 4.78 is 15.9. The summed E-state index contributed by atoms with van der Waals surface area (Å²) in [5.41, 5.74) is 0.823. The molecule has 19 heavy (non-hydrogen) atoms. The van der Waals surface area contributed by atoms with E-state index in [2.05, 4.69) is 31.9 Å². The van der Waals surface area contributed by atoms with Crippen LogP contribution in [0.5, 0.6) is 0 Å². The Labute approximate surface area is 134 Å². The molecule has 0 fully saturated rings. The van der Waals surface area contributed by atoms with Crippen LogP contribution in [0.15, 0.2) is 37.9 Å². The van der Waals surface area contributed by atoms with E-state index in [9.17, 15) is 9.50 Å². The first-order valence-electron chi connectivity index (χ1n) is 5.36. The average Bonchev–Trinajstić information content (AvgIpc) is 2.91. The number of rotatable bonds is 2. The maximum Gasteiger partial charge on any atom is 0.124 e. The molecule has 2 aromatic heterocycles. The fraction of sp³-hybridized carbons (Fsp3) is 0.0769. The van der Waals surface area contributed by atoms with Crippen LogP contribution < -0.4 is 0 Å². The van der Waals surface area contributed by atoms with Gasteiger partial charge in [-0.25, -0.2) is 4.39 Å². The van der Waals surface area contributed by atoms with Crippen molar-refractivity contribution in [3.05, 3.63) is 54.2 Å². The molecule has 0 aliphatic heterocycles. The van der Waals surface area contributed by atoms with E-state index in [1.807, 2.05) is 12.1 Å². The number of aliphatic hydroxyl groups excluding tert-OH is 1. The third-order valence-corrected chi connectivity index (χ3v) is 6.28. The van der Waals surface area contributed by atoms with Gasteiger partial charge in [-0.05, 0) is 61.5 Å². The van der Waals surface area contributed by atoms with Crippen molar-refractivity contribution in [1.82, 2.24) is 0 Å². The molecule has 0 saturated heterocycles. The highest BCUT2D eigenvalue weighted by Crippen LogP contribution is 2.40. The van der Waals surface area contributed by atoms with E-state index < -0.39 is 6.10 Å². The largest absolute Gasteiger partial charge is 0.383 e. The van der Waals surface area contributed by atoms with Crippen LogP contribution in [0.2, 0.25) is 0 Å². The fourth-order valence-corrected chi connectivity index (χ4v) is 5.83. The van der Waals surface area contributed by atoms with Crippen molar-refractivity contribution in [1.29, 1.82) is 0 Å². The molecule has 2 heterocycles. The Morgan fingerprint density at radius 3 is 2.58 bits per heavy atom. The first-order chi connectivity index (χ1) is 9.04. The average molecular weight is 422 g/mol. The molecule has 1 nitrogen and oxygen atoms in total. The van der Waals surface area contributed by atoms with Crippen molar-refractivity contribution < 1.29 is 9.50 Å². The van der Waals surface area contributed by atoms with E-state index in [1.165, 1.54) is 34.8 Å². The van der Waals surface area contributed by atoms with Gasteiger partial charge < -0.3 is 5.11 Å². The predicted octanol–water partition coefficient (Wildman–Crippen LogP) is 5.71. The molecule has 1 atom stereocenters. The standard InChI is InChI=1S/C13H7Br2FOS2/c14-11-5-8(13(15)19-11)12(17)10-3-6-1-2-7(16)4-9(6)18-10/h1-5,12,17H. The molecule has 1 unspecified atom stereocenters. The normalized spacial score (nSPS) is 13.1. The Kier molecular flexibility index (Phi) is 3.79. The lowest BCUT2D eigenvalue weighted by atomic mass is 10.1. The smallest absolute Gasteiger partial charge is 0.124 e.